The molecule has 3 rings (SSSR count). The molecule has 1 aromatic heterocycles. The van der Waals surface area contributed by atoms with Gasteiger partial charge in [-0.15, -0.1) is 0 Å². The standard InChI is InChI=1S/C21H21N5O2/c1-13-6-4-9-18(14(13)2)26-20-12-22-19(11-23-20)21(28)25-17-8-5-7-16(10-17)24-15(3)27/h4-12H,1-3H3,(H,23,26)(H,24,27)(H,25,28). The summed E-state index contributed by atoms with van der Waals surface area (Å²) in [5.74, 6) is -0.00931. The third-order valence-electron chi connectivity index (χ3n) is 4.19. The first-order valence-electron chi connectivity index (χ1n) is 8.76. The summed E-state index contributed by atoms with van der Waals surface area (Å²) < 4.78 is 0. The van der Waals surface area contributed by atoms with Crippen LogP contribution in [0.15, 0.2) is 54.9 Å². The molecule has 0 bridgehead atoms. The molecule has 0 radical (unpaired) electrons. The average molecular weight is 375 g/mol. The Morgan fingerprint density at radius 2 is 1.61 bits per heavy atom. The van der Waals surface area contributed by atoms with Gasteiger partial charge in [0.05, 0.1) is 12.4 Å². The summed E-state index contributed by atoms with van der Waals surface area (Å²) in [5.41, 5.74) is 4.60. The average Bonchev–Trinajstić information content (AvgIpc) is 2.66. The van der Waals surface area contributed by atoms with Crippen molar-refractivity contribution >= 4 is 34.7 Å². The summed E-state index contributed by atoms with van der Waals surface area (Å²) in [6, 6.07) is 12.9. The van der Waals surface area contributed by atoms with E-state index in [4.69, 9.17) is 0 Å². The van der Waals surface area contributed by atoms with Crippen LogP contribution in [0.3, 0.4) is 0 Å². The lowest BCUT2D eigenvalue weighted by Gasteiger charge is -2.11. The van der Waals surface area contributed by atoms with Gasteiger partial charge in [-0.25, -0.2) is 9.97 Å². The minimum Gasteiger partial charge on any atom is -0.339 e. The van der Waals surface area contributed by atoms with E-state index in [-0.39, 0.29) is 17.5 Å². The Balaban J connectivity index is 1.68. The minimum atomic E-state index is -0.384. The third-order valence-corrected chi connectivity index (χ3v) is 4.19. The predicted octanol–water partition coefficient (Wildman–Crippen LogP) is 4.05. The van der Waals surface area contributed by atoms with E-state index in [0.717, 1.165) is 11.3 Å². The molecule has 0 saturated carbocycles. The maximum Gasteiger partial charge on any atom is 0.275 e. The zero-order chi connectivity index (χ0) is 20.1. The van der Waals surface area contributed by atoms with Crippen LogP contribution in [0.5, 0.6) is 0 Å². The first-order chi connectivity index (χ1) is 13.4. The van der Waals surface area contributed by atoms with Crippen LogP contribution in [0.25, 0.3) is 0 Å². The molecule has 142 valence electrons. The largest absolute Gasteiger partial charge is 0.339 e. The van der Waals surface area contributed by atoms with E-state index in [9.17, 15) is 9.59 Å². The maximum atomic E-state index is 12.4. The number of nitrogens with one attached hydrogen (secondary N) is 3. The van der Waals surface area contributed by atoms with Gasteiger partial charge in [-0.1, -0.05) is 18.2 Å². The Hall–Kier alpha value is -3.74. The predicted molar refractivity (Wildman–Crippen MR) is 110 cm³/mol. The third kappa shape index (κ3) is 4.70. The van der Waals surface area contributed by atoms with Crippen LogP contribution in [0.4, 0.5) is 22.9 Å². The molecule has 1 heterocycles. The Morgan fingerprint density at radius 1 is 0.893 bits per heavy atom. The molecule has 0 aliphatic rings. The van der Waals surface area contributed by atoms with Gasteiger partial charge in [0.15, 0.2) is 0 Å². The van der Waals surface area contributed by atoms with Crippen LogP contribution >= 0.6 is 0 Å². The fourth-order valence-electron chi connectivity index (χ4n) is 2.61. The molecule has 0 fully saturated rings. The number of anilines is 4. The Kier molecular flexibility index (Phi) is 5.64. The highest BCUT2D eigenvalue weighted by atomic mass is 16.2. The molecule has 0 aliphatic heterocycles. The van der Waals surface area contributed by atoms with Crippen LogP contribution in [-0.4, -0.2) is 21.8 Å². The normalized spacial score (nSPS) is 10.2. The van der Waals surface area contributed by atoms with Crippen molar-refractivity contribution in [1.82, 2.24) is 9.97 Å². The molecule has 7 heteroatoms. The molecule has 0 aliphatic carbocycles. The van der Waals surface area contributed by atoms with Gasteiger partial charge in [0, 0.05) is 24.0 Å². The molecule has 2 aromatic carbocycles. The zero-order valence-electron chi connectivity index (χ0n) is 15.9. The fraction of sp³-hybridized carbons (Fsp3) is 0.143. The van der Waals surface area contributed by atoms with Crippen LogP contribution in [-0.2, 0) is 4.79 Å². The summed E-state index contributed by atoms with van der Waals surface area (Å²) in [6.07, 6.45) is 2.94. The number of amides is 2. The lowest BCUT2D eigenvalue weighted by molar-refractivity contribution is -0.114. The van der Waals surface area contributed by atoms with Crippen molar-refractivity contribution < 1.29 is 9.59 Å². The van der Waals surface area contributed by atoms with Gasteiger partial charge >= 0.3 is 0 Å². The Labute approximate surface area is 163 Å². The topological polar surface area (TPSA) is 96.0 Å². The Bertz CT molecular complexity index is 1020. The number of hydrogen-bond acceptors (Lipinski definition) is 5. The van der Waals surface area contributed by atoms with Gasteiger partial charge in [0.2, 0.25) is 5.91 Å². The lowest BCUT2D eigenvalue weighted by atomic mass is 10.1. The number of nitrogens with zero attached hydrogens (tertiary/aromatic N) is 2. The van der Waals surface area contributed by atoms with Crippen LogP contribution in [0.2, 0.25) is 0 Å². The van der Waals surface area contributed by atoms with E-state index >= 15 is 0 Å². The summed E-state index contributed by atoms with van der Waals surface area (Å²) in [6.45, 7) is 5.50. The van der Waals surface area contributed by atoms with Crippen molar-refractivity contribution in [3.05, 3.63) is 71.7 Å². The van der Waals surface area contributed by atoms with Gasteiger partial charge in [0.1, 0.15) is 11.5 Å². The van der Waals surface area contributed by atoms with Crippen molar-refractivity contribution in [3.8, 4) is 0 Å². The number of hydrogen-bond donors (Lipinski definition) is 3. The number of benzene rings is 2. The monoisotopic (exact) mass is 375 g/mol. The fourth-order valence-corrected chi connectivity index (χ4v) is 2.61. The van der Waals surface area contributed by atoms with Gasteiger partial charge < -0.3 is 16.0 Å². The van der Waals surface area contributed by atoms with Crippen LogP contribution in [0, 0.1) is 13.8 Å². The molecular weight excluding hydrogens is 354 g/mol. The van der Waals surface area contributed by atoms with Crippen molar-refractivity contribution in [3.63, 3.8) is 0 Å². The van der Waals surface area contributed by atoms with Gasteiger partial charge in [-0.2, -0.15) is 0 Å². The molecule has 0 unspecified atom stereocenters. The number of aryl methyl sites for hydroxylation is 1. The summed E-state index contributed by atoms with van der Waals surface area (Å²) in [7, 11) is 0. The van der Waals surface area contributed by atoms with Crippen molar-refractivity contribution in [2.75, 3.05) is 16.0 Å². The SMILES string of the molecule is CC(=O)Nc1cccc(NC(=O)c2cnc(Nc3cccc(C)c3C)cn2)c1. The molecule has 0 saturated heterocycles. The van der Waals surface area contributed by atoms with Crippen molar-refractivity contribution in [2.45, 2.75) is 20.8 Å². The van der Waals surface area contributed by atoms with E-state index in [0.29, 0.717) is 17.2 Å². The molecule has 0 spiro atoms. The highest BCUT2D eigenvalue weighted by Crippen LogP contribution is 2.21. The van der Waals surface area contributed by atoms with E-state index in [1.165, 1.54) is 24.9 Å². The first kappa shape index (κ1) is 19.0. The van der Waals surface area contributed by atoms with E-state index in [1.807, 2.05) is 32.0 Å². The number of carbonyl (C=O) groups is 2. The van der Waals surface area contributed by atoms with Crippen molar-refractivity contribution in [2.24, 2.45) is 0 Å². The summed E-state index contributed by atoms with van der Waals surface area (Å²) >= 11 is 0. The van der Waals surface area contributed by atoms with E-state index in [2.05, 4.69) is 25.9 Å². The summed E-state index contributed by atoms with van der Waals surface area (Å²) in [5, 5.41) is 8.62. The second-order valence-corrected chi connectivity index (χ2v) is 6.38. The van der Waals surface area contributed by atoms with Gasteiger partial charge in [0.25, 0.3) is 5.91 Å². The highest BCUT2D eigenvalue weighted by Gasteiger charge is 2.10. The van der Waals surface area contributed by atoms with E-state index < -0.39 is 0 Å². The first-order valence-corrected chi connectivity index (χ1v) is 8.76. The molecule has 0 atom stereocenters. The molecule has 3 aromatic rings. The number of aromatic nitrogens is 2. The molecule has 2 amide bonds. The smallest absolute Gasteiger partial charge is 0.275 e. The molecule has 28 heavy (non-hydrogen) atoms. The van der Waals surface area contributed by atoms with Gasteiger partial charge in [-0.3, -0.25) is 9.59 Å². The Morgan fingerprint density at radius 3 is 2.29 bits per heavy atom. The second kappa shape index (κ2) is 8.30. The number of rotatable bonds is 5. The second-order valence-electron chi connectivity index (χ2n) is 6.38. The summed E-state index contributed by atoms with van der Waals surface area (Å²) in [4.78, 5) is 32.0. The molecular formula is C21H21N5O2. The van der Waals surface area contributed by atoms with E-state index in [1.54, 1.807) is 24.3 Å². The minimum absolute atomic E-state index is 0.179. The maximum absolute atomic E-state index is 12.4. The lowest BCUT2D eigenvalue weighted by Crippen LogP contribution is -2.14. The van der Waals surface area contributed by atoms with Crippen LogP contribution < -0.4 is 16.0 Å². The van der Waals surface area contributed by atoms with Crippen LogP contribution in [0.1, 0.15) is 28.5 Å². The van der Waals surface area contributed by atoms with Gasteiger partial charge in [-0.05, 0) is 49.2 Å². The molecule has 7 nitrogen and oxygen atoms in total. The number of carbonyl (C=O) groups excluding carboxylic acids is 2. The van der Waals surface area contributed by atoms with Crippen molar-refractivity contribution in [1.29, 1.82) is 0 Å². The molecule has 3 N–H and O–H groups in total. The quantitative estimate of drug-likeness (QED) is 0.625. The highest BCUT2D eigenvalue weighted by molar-refractivity contribution is 6.03. The zero-order valence-corrected chi connectivity index (χ0v) is 15.9.